The van der Waals surface area contributed by atoms with Crippen molar-refractivity contribution in [3.05, 3.63) is 65.2 Å². The van der Waals surface area contributed by atoms with Crippen LogP contribution in [0.3, 0.4) is 0 Å². The number of carboxylic acid groups (broad SMARTS) is 1. The third-order valence-electron chi connectivity index (χ3n) is 4.00. The Morgan fingerprint density at radius 1 is 1.14 bits per heavy atom. The summed E-state index contributed by atoms with van der Waals surface area (Å²) in [7, 11) is 0. The van der Waals surface area contributed by atoms with Crippen LogP contribution in [0.15, 0.2) is 48.5 Å². The molecule has 0 radical (unpaired) electrons. The van der Waals surface area contributed by atoms with Crippen LogP contribution in [0.4, 0.5) is 0 Å². The van der Waals surface area contributed by atoms with Gasteiger partial charge in [0.15, 0.2) is 0 Å². The van der Waals surface area contributed by atoms with Gasteiger partial charge in [0, 0.05) is 0 Å². The van der Waals surface area contributed by atoms with Gasteiger partial charge in [0.2, 0.25) is 0 Å². The number of hydrogen-bond acceptors (Lipinski definition) is 2. The Morgan fingerprint density at radius 2 is 1.95 bits per heavy atom. The fourth-order valence-electron chi connectivity index (χ4n) is 2.94. The maximum Gasteiger partial charge on any atom is 0.310 e. The van der Waals surface area contributed by atoms with Crippen LogP contribution >= 0.6 is 0 Å². The zero-order valence-electron chi connectivity index (χ0n) is 11.8. The average molecular weight is 282 g/mol. The quantitative estimate of drug-likeness (QED) is 0.928. The van der Waals surface area contributed by atoms with Crippen molar-refractivity contribution in [3.63, 3.8) is 0 Å². The summed E-state index contributed by atoms with van der Waals surface area (Å²) in [5.41, 5.74) is 3.09. The third-order valence-corrected chi connectivity index (χ3v) is 4.00. The lowest BCUT2D eigenvalue weighted by Crippen LogP contribution is -2.18. The molecule has 0 aromatic heterocycles. The highest BCUT2D eigenvalue weighted by Gasteiger charge is 2.27. The molecular weight excluding hydrogens is 264 g/mol. The van der Waals surface area contributed by atoms with E-state index in [1.54, 1.807) is 0 Å². The van der Waals surface area contributed by atoms with Gasteiger partial charge in [-0.05, 0) is 42.0 Å². The first-order valence-electron chi connectivity index (χ1n) is 7.27. The molecule has 0 saturated carbocycles. The summed E-state index contributed by atoms with van der Waals surface area (Å²) >= 11 is 0. The third kappa shape index (κ3) is 2.92. The van der Waals surface area contributed by atoms with Crippen LogP contribution in [0.1, 0.15) is 35.4 Å². The smallest absolute Gasteiger partial charge is 0.310 e. The Bertz CT molecular complexity index is 634. The predicted molar refractivity (Wildman–Crippen MR) is 80.5 cm³/mol. The summed E-state index contributed by atoms with van der Waals surface area (Å²) in [6.45, 7) is 0.509. The van der Waals surface area contributed by atoms with Crippen LogP contribution < -0.4 is 4.74 Å². The van der Waals surface area contributed by atoms with Gasteiger partial charge in [0.1, 0.15) is 12.4 Å². The van der Waals surface area contributed by atoms with Crippen molar-refractivity contribution < 1.29 is 14.6 Å². The van der Waals surface area contributed by atoms with Crippen LogP contribution in [-0.2, 0) is 17.8 Å². The summed E-state index contributed by atoms with van der Waals surface area (Å²) < 4.78 is 5.93. The minimum atomic E-state index is -0.740. The Labute approximate surface area is 124 Å². The SMILES string of the molecule is O=C(O)[C@@H]1CCCc2c(OCc3ccccc3)cccc21. The second-order valence-electron chi connectivity index (χ2n) is 5.38. The second kappa shape index (κ2) is 6.00. The maximum absolute atomic E-state index is 11.4. The molecule has 0 fully saturated rings. The van der Waals surface area contributed by atoms with Crippen LogP contribution in [0, 0.1) is 0 Å². The van der Waals surface area contributed by atoms with E-state index in [-0.39, 0.29) is 0 Å². The van der Waals surface area contributed by atoms with Crippen molar-refractivity contribution in [2.45, 2.75) is 31.8 Å². The van der Waals surface area contributed by atoms with E-state index in [9.17, 15) is 9.90 Å². The Balaban J connectivity index is 1.84. The number of hydrogen-bond donors (Lipinski definition) is 1. The fraction of sp³-hybridized carbons (Fsp3) is 0.278. The number of fused-ring (bicyclic) bond motifs is 1. The van der Waals surface area contributed by atoms with Crippen LogP contribution in [-0.4, -0.2) is 11.1 Å². The molecule has 0 aliphatic heterocycles. The molecule has 2 aromatic carbocycles. The fourth-order valence-corrected chi connectivity index (χ4v) is 2.94. The topological polar surface area (TPSA) is 46.5 Å². The van der Waals surface area contributed by atoms with E-state index in [4.69, 9.17) is 4.74 Å². The zero-order chi connectivity index (χ0) is 14.7. The van der Waals surface area contributed by atoms with Crippen molar-refractivity contribution in [1.29, 1.82) is 0 Å². The number of benzene rings is 2. The molecule has 3 heteroatoms. The Hall–Kier alpha value is -2.29. The average Bonchev–Trinajstić information content (AvgIpc) is 2.53. The summed E-state index contributed by atoms with van der Waals surface area (Å²) in [6.07, 6.45) is 2.50. The van der Waals surface area contributed by atoms with Crippen molar-refractivity contribution in [2.24, 2.45) is 0 Å². The summed E-state index contributed by atoms with van der Waals surface area (Å²) in [5, 5.41) is 9.34. The number of ether oxygens (including phenoxy) is 1. The Kier molecular flexibility index (Phi) is 3.91. The molecular formula is C18H18O3. The Morgan fingerprint density at radius 3 is 2.71 bits per heavy atom. The molecule has 1 aliphatic carbocycles. The molecule has 1 N–H and O–H groups in total. The summed E-state index contributed by atoms with van der Waals surface area (Å²) in [5.74, 6) is -0.313. The van der Waals surface area contributed by atoms with E-state index < -0.39 is 11.9 Å². The van der Waals surface area contributed by atoms with Crippen molar-refractivity contribution in [3.8, 4) is 5.75 Å². The molecule has 2 aromatic rings. The molecule has 3 nitrogen and oxygen atoms in total. The van der Waals surface area contributed by atoms with Gasteiger partial charge in [0.25, 0.3) is 0 Å². The lowest BCUT2D eigenvalue weighted by atomic mass is 9.82. The molecule has 21 heavy (non-hydrogen) atoms. The van der Waals surface area contributed by atoms with Crippen LogP contribution in [0.25, 0.3) is 0 Å². The van der Waals surface area contributed by atoms with E-state index >= 15 is 0 Å². The summed E-state index contributed by atoms with van der Waals surface area (Å²) in [4.78, 5) is 11.4. The molecule has 1 aliphatic rings. The van der Waals surface area contributed by atoms with Gasteiger partial charge in [-0.15, -0.1) is 0 Å². The minimum absolute atomic E-state index is 0.394. The van der Waals surface area contributed by atoms with Gasteiger partial charge in [-0.25, -0.2) is 0 Å². The lowest BCUT2D eigenvalue weighted by Gasteiger charge is -2.24. The molecule has 0 amide bonds. The first kappa shape index (κ1) is 13.7. The lowest BCUT2D eigenvalue weighted by molar-refractivity contribution is -0.139. The van der Waals surface area contributed by atoms with E-state index in [0.29, 0.717) is 13.0 Å². The van der Waals surface area contributed by atoms with Crippen LogP contribution in [0.2, 0.25) is 0 Å². The van der Waals surface area contributed by atoms with Gasteiger partial charge in [-0.1, -0.05) is 42.5 Å². The molecule has 3 rings (SSSR count). The number of carboxylic acids is 1. The van der Waals surface area contributed by atoms with Gasteiger partial charge in [0.05, 0.1) is 5.92 Å². The molecule has 0 spiro atoms. The van der Waals surface area contributed by atoms with E-state index in [2.05, 4.69) is 0 Å². The second-order valence-corrected chi connectivity index (χ2v) is 5.38. The molecule has 0 unspecified atom stereocenters. The minimum Gasteiger partial charge on any atom is -0.489 e. The number of aliphatic carboxylic acids is 1. The molecule has 1 atom stereocenters. The highest BCUT2D eigenvalue weighted by molar-refractivity contribution is 5.77. The molecule has 0 bridgehead atoms. The number of carbonyl (C=O) groups is 1. The molecule has 0 heterocycles. The largest absolute Gasteiger partial charge is 0.489 e. The normalized spacial score (nSPS) is 17.0. The first-order chi connectivity index (χ1) is 10.3. The van der Waals surface area contributed by atoms with E-state index in [1.165, 1.54) is 0 Å². The first-order valence-corrected chi connectivity index (χ1v) is 7.27. The van der Waals surface area contributed by atoms with Gasteiger partial charge < -0.3 is 9.84 Å². The van der Waals surface area contributed by atoms with Crippen molar-refractivity contribution in [1.82, 2.24) is 0 Å². The highest BCUT2D eigenvalue weighted by atomic mass is 16.5. The highest BCUT2D eigenvalue weighted by Crippen LogP contribution is 2.37. The zero-order valence-corrected chi connectivity index (χ0v) is 11.8. The van der Waals surface area contributed by atoms with Gasteiger partial charge in [-0.3, -0.25) is 4.79 Å². The van der Waals surface area contributed by atoms with Gasteiger partial charge in [-0.2, -0.15) is 0 Å². The number of rotatable bonds is 4. The molecule has 0 saturated heterocycles. The van der Waals surface area contributed by atoms with Crippen LogP contribution in [0.5, 0.6) is 5.75 Å². The van der Waals surface area contributed by atoms with E-state index in [0.717, 1.165) is 35.3 Å². The standard InChI is InChI=1S/C18H18O3/c19-18(20)16-10-4-9-15-14(16)8-5-11-17(15)21-12-13-6-2-1-3-7-13/h1-3,5-8,11,16H,4,9-10,12H2,(H,19,20)/t16-/m1/s1. The molecule has 108 valence electrons. The monoisotopic (exact) mass is 282 g/mol. The van der Waals surface area contributed by atoms with E-state index in [1.807, 2.05) is 48.5 Å². The maximum atomic E-state index is 11.4. The van der Waals surface area contributed by atoms with Crippen molar-refractivity contribution >= 4 is 5.97 Å². The van der Waals surface area contributed by atoms with Gasteiger partial charge >= 0.3 is 5.97 Å². The van der Waals surface area contributed by atoms with Crippen molar-refractivity contribution in [2.75, 3.05) is 0 Å². The predicted octanol–water partition coefficient (Wildman–Crippen LogP) is 3.77. The summed E-state index contributed by atoms with van der Waals surface area (Å²) in [6, 6.07) is 15.7.